The molecular weight excluding hydrogens is 534 g/mol. The maximum atomic E-state index is 13.5. The average molecular weight is 568 g/mol. The number of guanidine groups is 1. The molecule has 4 rings (SSSR count). The molecule has 0 spiro atoms. The number of aromatic nitrogens is 3. The number of amides is 3. The van der Waals surface area contributed by atoms with Crippen LogP contribution < -0.4 is 22.1 Å². The molecule has 0 radical (unpaired) electrons. The average Bonchev–Trinajstić information content (AvgIpc) is 3.69. The first kappa shape index (κ1) is 28.7. The molecule has 7 N–H and O–H groups in total. The SMILES string of the molecule is CC(=O)NC(Cc1cnc[nH]1)C(=O)N1CCC[C@H]1C(=O)N[C@@H](CCCN=C(N)N)C(=O)c1nc2ccccc2s1. The quantitative estimate of drug-likeness (QED) is 0.0899. The summed E-state index contributed by atoms with van der Waals surface area (Å²) in [7, 11) is 0. The second kappa shape index (κ2) is 13.2. The second-order valence-electron chi connectivity index (χ2n) is 9.58. The molecule has 1 fully saturated rings. The van der Waals surface area contributed by atoms with Crippen molar-refractivity contribution in [3.05, 3.63) is 47.5 Å². The van der Waals surface area contributed by atoms with Crippen LogP contribution in [0.3, 0.4) is 0 Å². The smallest absolute Gasteiger partial charge is 0.246 e. The Morgan fingerprint density at radius 3 is 2.70 bits per heavy atom. The summed E-state index contributed by atoms with van der Waals surface area (Å²) in [6.07, 6.45) is 5.05. The zero-order chi connectivity index (χ0) is 28.6. The van der Waals surface area contributed by atoms with Crippen LogP contribution in [0.15, 0.2) is 41.8 Å². The number of para-hydroxylation sites is 1. The van der Waals surface area contributed by atoms with Crippen LogP contribution in [0.1, 0.15) is 48.1 Å². The number of nitrogens with zero attached hydrogens (tertiary/aromatic N) is 4. The fourth-order valence-electron chi connectivity index (χ4n) is 4.73. The number of rotatable bonds is 12. The molecule has 14 heteroatoms. The number of H-pyrrole nitrogens is 1. The number of likely N-dealkylation sites (tertiary alicyclic amines) is 1. The maximum Gasteiger partial charge on any atom is 0.246 e. The van der Waals surface area contributed by atoms with Gasteiger partial charge in [-0.3, -0.25) is 24.2 Å². The molecule has 0 aliphatic carbocycles. The molecule has 1 unspecified atom stereocenters. The summed E-state index contributed by atoms with van der Waals surface area (Å²) in [5.74, 6) is -1.53. The summed E-state index contributed by atoms with van der Waals surface area (Å²) in [6, 6.07) is 4.89. The highest BCUT2D eigenvalue weighted by Crippen LogP contribution is 2.24. The largest absolute Gasteiger partial charge is 0.370 e. The fourth-order valence-corrected chi connectivity index (χ4v) is 5.69. The van der Waals surface area contributed by atoms with E-state index in [1.54, 1.807) is 6.20 Å². The van der Waals surface area contributed by atoms with Crippen molar-refractivity contribution in [1.82, 2.24) is 30.5 Å². The third-order valence-corrected chi connectivity index (χ3v) is 7.63. The lowest BCUT2D eigenvalue weighted by Crippen LogP contribution is -2.55. The molecule has 212 valence electrons. The minimum atomic E-state index is -0.879. The maximum absolute atomic E-state index is 13.5. The van der Waals surface area contributed by atoms with Crippen LogP contribution in [-0.4, -0.2) is 80.5 Å². The van der Waals surface area contributed by atoms with Crippen molar-refractivity contribution in [2.45, 2.75) is 57.2 Å². The lowest BCUT2D eigenvalue weighted by atomic mass is 10.0. The van der Waals surface area contributed by atoms with Crippen LogP contribution in [0.4, 0.5) is 0 Å². The van der Waals surface area contributed by atoms with Gasteiger partial charge in [-0.25, -0.2) is 9.97 Å². The summed E-state index contributed by atoms with van der Waals surface area (Å²) in [5, 5.41) is 5.85. The van der Waals surface area contributed by atoms with Gasteiger partial charge >= 0.3 is 0 Å². The van der Waals surface area contributed by atoms with Crippen LogP contribution in [0.25, 0.3) is 10.2 Å². The van der Waals surface area contributed by atoms with E-state index in [9.17, 15) is 19.2 Å². The van der Waals surface area contributed by atoms with Gasteiger partial charge < -0.3 is 32.0 Å². The number of nitrogens with one attached hydrogen (secondary N) is 3. The van der Waals surface area contributed by atoms with Gasteiger partial charge in [0.1, 0.15) is 12.1 Å². The van der Waals surface area contributed by atoms with Crippen molar-refractivity contribution in [2.24, 2.45) is 16.5 Å². The number of imidazole rings is 1. The molecule has 3 heterocycles. The van der Waals surface area contributed by atoms with Crippen LogP contribution >= 0.6 is 11.3 Å². The standard InChI is InChI=1S/C26H33N9O4S/c1-15(36)32-19(12-16-13-29-14-31-16)25(39)35-11-5-8-20(35)23(38)33-18(7-4-10-30-26(27)28)22(37)24-34-17-6-2-3-9-21(17)40-24/h2-3,6,9,13-14,18-20H,4-5,7-8,10-12H2,1H3,(H,29,31)(H,32,36)(H,33,38)(H4,27,28,30)/t18-,19?,20-/m0/s1. The molecule has 3 amide bonds. The lowest BCUT2D eigenvalue weighted by Gasteiger charge is -2.29. The number of thiazole rings is 1. The van der Waals surface area contributed by atoms with E-state index in [1.165, 1.54) is 29.5 Å². The van der Waals surface area contributed by atoms with Gasteiger partial charge in [0, 0.05) is 38.3 Å². The molecule has 13 nitrogen and oxygen atoms in total. The Balaban J connectivity index is 1.50. The number of aliphatic imine (C=N–C) groups is 1. The summed E-state index contributed by atoms with van der Waals surface area (Å²) in [4.78, 5) is 69.2. The van der Waals surface area contributed by atoms with Crippen molar-refractivity contribution in [2.75, 3.05) is 13.1 Å². The minimum Gasteiger partial charge on any atom is -0.370 e. The van der Waals surface area contributed by atoms with Crippen molar-refractivity contribution < 1.29 is 19.2 Å². The van der Waals surface area contributed by atoms with E-state index in [0.717, 1.165) is 4.70 Å². The minimum absolute atomic E-state index is 0.0537. The van der Waals surface area contributed by atoms with Crippen molar-refractivity contribution in [3.8, 4) is 0 Å². The summed E-state index contributed by atoms with van der Waals surface area (Å²) >= 11 is 1.26. The summed E-state index contributed by atoms with van der Waals surface area (Å²) in [5.41, 5.74) is 12.2. The van der Waals surface area contributed by atoms with E-state index in [4.69, 9.17) is 11.5 Å². The molecule has 1 aliphatic heterocycles. The Morgan fingerprint density at radius 1 is 1.20 bits per heavy atom. The lowest BCUT2D eigenvalue weighted by molar-refractivity contribution is -0.141. The number of nitrogens with two attached hydrogens (primary N) is 2. The van der Waals surface area contributed by atoms with Crippen LogP contribution in [0.5, 0.6) is 0 Å². The van der Waals surface area contributed by atoms with Gasteiger partial charge in [-0.15, -0.1) is 11.3 Å². The van der Waals surface area contributed by atoms with E-state index >= 15 is 0 Å². The van der Waals surface area contributed by atoms with E-state index in [1.807, 2.05) is 24.3 Å². The molecule has 1 aromatic carbocycles. The number of hydrogen-bond donors (Lipinski definition) is 5. The third kappa shape index (κ3) is 7.20. The van der Waals surface area contributed by atoms with Gasteiger partial charge in [0.2, 0.25) is 23.5 Å². The Bertz CT molecular complexity index is 1350. The van der Waals surface area contributed by atoms with Gasteiger partial charge in [-0.2, -0.15) is 0 Å². The normalized spacial score (nSPS) is 16.3. The third-order valence-electron chi connectivity index (χ3n) is 6.58. The summed E-state index contributed by atoms with van der Waals surface area (Å²) < 4.78 is 0.866. The molecule has 0 bridgehead atoms. The van der Waals surface area contributed by atoms with Gasteiger partial charge in [-0.1, -0.05) is 12.1 Å². The number of fused-ring (bicyclic) bond motifs is 1. The zero-order valence-corrected chi connectivity index (χ0v) is 22.9. The number of hydrogen-bond acceptors (Lipinski definition) is 8. The molecule has 0 saturated carbocycles. The Labute approximate surface area is 234 Å². The number of benzene rings is 1. The summed E-state index contributed by atoms with van der Waals surface area (Å²) in [6.45, 7) is 1.99. The Morgan fingerprint density at radius 2 is 2.00 bits per heavy atom. The molecule has 40 heavy (non-hydrogen) atoms. The van der Waals surface area contributed by atoms with Crippen molar-refractivity contribution in [1.29, 1.82) is 0 Å². The molecule has 1 aliphatic rings. The van der Waals surface area contributed by atoms with E-state index in [-0.39, 0.29) is 41.4 Å². The highest BCUT2D eigenvalue weighted by Gasteiger charge is 2.39. The molecular formula is C26H33N9O4S. The van der Waals surface area contributed by atoms with Crippen LogP contribution in [0.2, 0.25) is 0 Å². The molecule has 1 saturated heterocycles. The number of carbonyl (C=O) groups is 4. The van der Waals surface area contributed by atoms with Gasteiger partial charge in [0.05, 0.1) is 22.6 Å². The zero-order valence-electron chi connectivity index (χ0n) is 22.1. The number of ketones is 1. The highest BCUT2D eigenvalue weighted by atomic mass is 32.1. The first-order valence-corrected chi connectivity index (χ1v) is 13.8. The van der Waals surface area contributed by atoms with E-state index in [2.05, 4.69) is 30.6 Å². The van der Waals surface area contributed by atoms with Crippen LogP contribution in [0, 0.1) is 0 Å². The number of aromatic amines is 1. The first-order valence-electron chi connectivity index (χ1n) is 13.0. The number of carbonyl (C=O) groups excluding carboxylic acids is 4. The predicted molar refractivity (Wildman–Crippen MR) is 150 cm³/mol. The van der Waals surface area contributed by atoms with Crippen molar-refractivity contribution in [3.63, 3.8) is 0 Å². The monoisotopic (exact) mass is 567 g/mol. The van der Waals surface area contributed by atoms with E-state index < -0.39 is 24.0 Å². The Kier molecular flexibility index (Phi) is 9.43. The predicted octanol–water partition coefficient (Wildman–Crippen LogP) is 0.479. The van der Waals surface area contributed by atoms with E-state index in [0.29, 0.717) is 43.6 Å². The number of Topliss-reactive ketones (excluding diaryl/α,β-unsaturated/α-hetero) is 1. The van der Waals surface area contributed by atoms with Gasteiger partial charge in [0.15, 0.2) is 11.0 Å². The topological polar surface area (TPSA) is 202 Å². The second-order valence-corrected chi connectivity index (χ2v) is 10.6. The van der Waals surface area contributed by atoms with Crippen LogP contribution in [-0.2, 0) is 20.8 Å². The molecule has 2 aromatic heterocycles. The Hall–Kier alpha value is -4.33. The first-order chi connectivity index (χ1) is 19.2. The van der Waals surface area contributed by atoms with Gasteiger partial charge in [0.25, 0.3) is 0 Å². The van der Waals surface area contributed by atoms with Crippen molar-refractivity contribution >= 4 is 51.0 Å². The molecule has 3 atom stereocenters. The molecule has 3 aromatic rings. The van der Waals surface area contributed by atoms with Gasteiger partial charge in [-0.05, 0) is 37.8 Å². The fraction of sp³-hybridized carbons (Fsp3) is 0.423. The highest BCUT2D eigenvalue weighted by molar-refractivity contribution is 7.20.